The van der Waals surface area contributed by atoms with Gasteiger partial charge in [-0.1, -0.05) is 22.0 Å². The van der Waals surface area contributed by atoms with Gasteiger partial charge in [0.05, 0.1) is 25.0 Å². The van der Waals surface area contributed by atoms with E-state index < -0.39 is 85.4 Å². The Kier molecular flexibility index (Phi) is 10.9. The third kappa shape index (κ3) is 7.26. The highest BCUT2D eigenvalue weighted by Gasteiger charge is 2.55. The first-order valence-corrected chi connectivity index (χ1v) is 16.4. The van der Waals surface area contributed by atoms with Gasteiger partial charge in [-0.2, -0.15) is 0 Å². The molecule has 49 heavy (non-hydrogen) atoms. The molecule has 1 amide bonds. The van der Waals surface area contributed by atoms with Crippen molar-refractivity contribution in [3.05, 3.63) is 46.2 Å². The Bertz CT molecular complexity index is 1560. The molecule has 2 fully saturated rings. The van der Waals surface area contributed by atoms with Gasteiger partial charge in [-0.15, -0.1) is 6.58 Å². The van der Waals surface area contributed by atoms with Gasteiger partial charge in [0.15, 0.2) is 29.8 Å². The Morgan fingerprint density at radius 2 is 1.67 bits per heavy atom. The number of halogens is 1. The number of nitrogens with zero attached hydrogens (tertiary/aromatic N) is 1. The summed E-state index contributed by atoms with van der Waals surface area (Å²) in [5, 5.41) is 11.2. The van der Waals surface area contributed by atoms with E-state index in [1.54, 1.807) is 17.0 Å². The topological polar surface area (TPSA) is 183 Å². The fraction of sp³-hybridized carbons (Fsp3) is 0.545. The summed E-state index contributed by atoms with van der Waals surface area (Å²) in [4.78, 5) is 63.9. The van der Waals surface area contributed by atoms with E-state index in [1.807, 2.05) is 0 Å². The van der Waals surface area contributed by atoms with Crippen LogP contribution in [-0.2, 0) is 63.6 Å². The fourth-order valence-electron chi connectivity index (χ4n) is 6.92. The molecule has 4 heterocycles. The van der Waals surface area contributed by atoms with Crippen LogP contribution in [0.2, 0.25) is 0 Å². The van der Waals surface area contributed by atoms with Crippen molar-refractivity contribution < 1.29 is 67.0 Å². The van der Waals surface area contributed by atoms with Gasteiger partial charge >= 0.3 is 23.9 Å². The van der Waals surface area contributed by atoms with Crippen LogP contribution in [0.25, 0.3) is 0 Å². The second kappa shape index (κ2) is 14.8. The van der Waals surface area contributed by atoms with Gasteiger partial charge in [-0.3, -0.25) is 24.0 Å². The van der Waals surface area contributed by atoms with Gasteiger partial charge in [0.1, 0.15) is 12.7 Å². The van der Waals surface area contributed by atoms with E-state index >= 15 is 0 Å². The van der Waals surface area contributed by atoms with Crippen molar-refractivity contribution in [1.82, 2.24) is 4.90 Å². The van der Waals surface area contributed by atoms with E-state index in [-0.39, 0.29) is 17.4 Å². The van der Waals surface area contributed by atoms with Gasteiger partial charge < -0.3 is 47.9 Å². The lowest BCUT2D eigenvalue weighted by molar-refractivity contribution is -0.342. The fourth-order valence-corrected chi connectivity index (χ4v) is 7.54. The summed E-state index contributed by atoms with van der Waals surface area (Å²) in [7, 11) is 1.45. The zero-order valence-electron chi connectivity index (χ0n) is 27.5. The van der Waals surface area contributed by atoms with Crippen molar-refractivity contribution in [3.8, 4) is 11.5 Å². The molecule has 0 spiro atoms. The van der Waals surface area contributed by atoms with E-state index in [0.717, 1.165) is 30.8 Å². The lowest BCUT2D eigenvalue weighted by atomic mass is 9.73. The van der Waals surface area contributed by atoms with Crippen molar-refractivity contribution in [1.29, 1.82) is 0 Å². The number of esters is 4. The molecule has 16 heteroatoms. The Morgan fingerprint density at radius 3 is 2.29 bits per heavy atom. The minimum absolute atomic E-state index is 0.0526. The molecule has 1 N–H and O–H groups in total. The zero-order valence-corrected chi connectivity index (χ0v) is 29.1. The van der Waals surface area contributed by atoms with Crippen molar-refractivity contribution >= 4 is 45.7 Å². The summed E-state index contributed by atoms with van der Waals surface area (Å²) in [6, 6.07) is 1.18. The number of carbonyl (C=O) groups is 5. The summed E-state index contributed by atoms with van der Waals surface area (Å²) in [5.41, 5.74) is 1.83. The molecule has 0 radical (unpaired) electrons. The first-order chi connectivity index (χ1) is 23.2. The second-order valence-electron chi connectivity index (χ2n) is 12.0. The standard InChI is InChI=1S/C33H38BrNO14/c1-7-18-20-10-23-26-19(22(34)11-24(42-6)27(26)40)8-9-35(23)31(41)21(20)12-44-32(18)49-33-30(47-17(5)39)29(46-16(4)38)28(45-15(3)37)25(48-33)13-43-14(2)36/h7,11-12,18,20,23,25,28-30,32-33,40H,1,8-10,13H2,2-6H3/t18-,20+,23-,25-,28-,29+,30-,32+,33+/m1/s1. The maximum Gasteiger partial charge on any atom is 0.303 e. The molecule has 0 unspecified atom stereocenters. The maximum atomic E-state index is 13.9. The van der Waals surface area contributed by atoms with Crippen molar-refractivity contribution in [2.75, 3.05) is 20.3 Å². The summed E-state index contributed by atoms with van der Waals surface area (Å²) in [6.07, 6.45) is -4.46. The molecule has 2 saturated heterocycles. The highest BCUT2D eigenvalue weighted by molar-refractivity contribution is 9.10. The average Bonchev–Trinajstić information content (AvgIpc) is 3.03. The highest BCUT2D eigenvalue weighted by atomic mass is 79.9. The lowest BCUT2D eigenvalue weighted by Crippen LogP contribution is -2.63. The van der Waals surface area contributed by atoms with Gasteiger partial charge in [0, 0.05) is 56.1 Å². The number of piperidine rings is 1. The van der Waals surface area contributed by atoms with Crippen LogP contribution in [0.4, 0.5) is 0 Å². The summed E-state index contributed by atoms with van der Waals surface area (Å²) in [6.45, 7) is 8.49. The number of benzene rings is 1. The molecule has 0 bridgehead atoms. The van der Waals surface area contributed by atoms with Gasteiger partial charge in [0.2, 0.25) is 12.6 Å². The largest absolute Gasteiger partial charge is 0.504 e. The summed E-state index contributed by atoms with van der Waals surface area (Å²) >= 11 is 3.58. The molecule has 9 atom stereocenters. The van der Waals surface area contributed by atoms with E-state index in [1.165, 1.54) is 20.3 Å². The zero-order chi connectivity index (χ0) is 35.7. The number of phenols is 1. The lowest BCUT2D eigenvalue weighted by Gasteiger charge is -2.49. The van der Waals surface area contributed by atoms with E-state index in [2.05, 4.69) is 22.5 Å². The molecular weight excluding hydrogens is 714 g/mol. The molecule has 0 aromatic heterocycles. The third-order valence-corrected chi connectivity index (χ3v) is 9.58. The minimum atomic E-state index is -1.52. The van der Waals surface area contributed by atoms with Crippen LogP contribution >= 0.6 is 15.9 Å². The number of rotatable bonds is 9. The molecule has 0 saturated carbocycles. The first kappa shape index (κ1) is 36.1. The predicted octanol–water partition coefficient (Wildman–Crippen LogP) is 2.75. The molecule has 4 aliphatic heterocycles. The van der Waals surface area contributed by atoms with Crippen LogP contribution in [-0.4, -0.2) is 97.0 Å². The number of hydrogen-bond donors (Lipinski definition) is 1. The number of methoxy groups -OCH3 is 1. The van der Waals surface area contributed by atoms with Crippen molar-refractivity contribution in [2.24, 2.45) is 11.8 Å². The van der Waals surface area contributed by atoms with Gasteiger partial charge in [-0.05, 0) is 24.5 Å². The van der Waals surface area contributed by atoms with Crippen molar-refractivity contribution in [2.45, 2.75) is 83.6 Å². The monoisotopic (exact) mass is 751 g/mol. The van der Waals surface area contributed by atoms with Crippen LogP contribution in [0, 0.1) is 11.8 Å². The van der Waals surface area contributed by atoms with Crippen LogP contribution in [0.5, 0.6) is 11.5 Å². The molecular formula is C33H38BrNO14. The van der Waals surface area contributed by atoms with E-state index in [4.69, 9.17) is 37.9 Å². The first-order valence-electron chi connectivity index (χ1n) is 15.6. The third-order valence-electron chi connectivity index (χ3n) is 8.87. The minimum Gasteiger partial charge on any atom is -0.504 e. The van der Waals surface area contributed by atoms with E-state index in [0.29, 0.717) is 30.5 Å². The Hall–Kier alpha value is -4.15. The number of ether oxygens (including phenoxy) is 8. The number of hydrogen-bond acceptors (Lipinski definition) is 14. The van der Waals surface area contributed by atoms with Crippen molar-refractivity contribution in [3.63, 3.8) is 0 Å². The maximum absolute atomic E-state index is 13.9. The number of amides is 1. The van der Waals surface area contributed by atoms with Crippen LogP contribution < -0.4 is 4.74 Å². The molecule has 0 aliphatic carbocycles. The second-order valence-corrected chi connectivity index (χ2v) is 12.9. The Labute approximate surface area is 290 Å². The van der Waals surface area contributed by atoms with Gasteiger partial charge in [-0.25, -0.2) is 0 Å². The summed E-state index contributed by atoms with van der Waals surface area (Å²) < 4.78 is 46.1. The molecule has 1 aromatic carbocycles. The molecule has 15 nitrogen and oxygen atoms in total. The average molecular weight is 753 g/mol. The number of fused-ring (bicyclic) bond motifs is 4. The normalized spacial score (nSPS) is 30.2. The van der Waals surface area contributed by atoms with Crippen LogP contribution in [0.1, 0.15) is 51.3 Å². The van der Waals surface area contributed by atoms with Crippen LogP contribution in [0.15, 0.2) is 35.0 Å². The van der Waals surface area contributed by atoms with Gasteiger partial charge in [0.25, 0.3) is 5.91 Å². The molecule has 1 aromatic rings. The Balaban J connectivity index is 1.49. The summed E-state index contributed by atoms with van der Waals surface area (Å²) in [5.74, 6) is -4.27. The molecule has 4 aliphatic rings. The number of aromatic hydroxyl groups is 1. The number of phenolic OH excluding ortho intramolecular Hbond substituents is 1. The molecule has 266 valence electrons. The highest BCUT2D eigenvalue weighted by Crippen LogP contribution is 2.52. The Morgan fingerprint density at radius 1 is 1.02 bits per heavy atom. The predicted molar refractivity (Wildman–Crippen MR) is 168 cm³/mol. The molecule has 5 rings (SSSR count). The van der Waals surface area contributed by atoms with E-state index in [9.17, 15) is 29.1 Å². The SMILES string of the molecule is C=C[C@H]1[C@H](O[C@@H]2O[C@H](COC(C)=O)[C@@H](OC(C)=O)[C@H](OC(C)=O)[C@H]2OC(C)=O)OC=C2C(=O)N3CCc4c(Br)cc(OC)c(O)c4[C@H]3C[C@H]21. The smallest absolute Gasteiger partial charge is 0.303 e. The number of carbonyl (C=O) groups excluding carboxylic acids is 5. The quantitative estimate of drug-likeness (QED) is 0.221. The van der Waals surface area contributed by atoms with Crippen LogP contribution in [0.3, 0.4) is 0 Å².